The number of hydrogen-bond acceptors (Lipinski definition) is 7. The molecule has 0 radical (unpaired) electrons. The van der Waals surface area contributed by atoms with Crippen LogP contribution in [0, 0.1) is 6.92 Å². The maximum Gasteiger partial charge on any atom is 0.243 e. The Hall–Kier alpha value is -3.02. The molecule has 0 unspecified atom stereocenters. The van der Waals surface area contributed by atoms with E-state index >= 15 is 0 Å². The molecule has 1 aliphatic heterocycles. The van der Waals surface area contributed by atoms with E-state index in [0.29, 0.717) is 5.69 Å². The number of nitrogens with zero attached hydrogens (tertiary/aromatic N) is 3. The van der Waals surface area contributed by atoms with Gasteiger partial charge in [-0.05, 0) is 38.2 Å². The number of rotatable bonds is 8. The van der Waals surface area contributed by atoms with E-state index in [9.17, 15) is 18.0 Å². The van der Waals surface area contributed by atoms with Gasteiger partial charge < -0.3 is 20.4 Å². The first kappa shape index (κ1) is 23.6. The van der Waals surface area contributed by atoms with Gasteiger partial charge in [-0.1, -0.05) is 17.7 Å². The zero-order valence-corrected chi connectivity index (χ0v) is 19.0. The lowest BCUT2D eigenvalue weighted by Gasteiger charge is -2.33. The van der Waals surface area contributed by atoms with Gasteiger partial charge in [0.15, 0.2) is 0 Å². The molecule has 172 valence electrons. The van der Waals surface area contributed by atoms with Gasteiger partial charge in [0, 0.05) is 26.2 Å². The zero-order chi connectivity index (χ0) is 23.1. The largest absolute Gasteiger partial charge is 0.354 e. The van der Waals surface area contributed by atoms with Crippen LogP contribution >= 0.6 is 0 Å². The van der Waals surface area contributed by atoms with Crippen molar-refractivity contribution in [2.75, 3.05) is 56.5 Å². The lowest BCUT2D eigenvalue weighted by molar-refractivity contribution is -0.123. The highest BCUT2D eigenvalue weighted by atomic mass is 32.2. The van der Waals surface area contributed by atoms with Gasteiger partial charge in [0.05, 0.1) is 29.9 Å². The molecule has 1 fully saturated rings. The van der Waals surface area contributed by atoms with Crippen molar-refractivity contribution >= 4 is 33.3 Å². The average Bonchev–Trinajstić information content (AvgIpc) is 2.78. The van der Waals surface area contributed by atoms with Crippen LogP contribution in [0.15, 0.2) is 47.5 Å². The van der Waals surface area contributed by atoms with Crippen molar-refractivity contribution in [3.63, 3.8) is 0 Å². The summed E-state index contributed by atoms with van der Waals surface area (Å²) in [6, 6.07) is 9.88. The standard InChI is InChI=1S/C21H28N6O4S/c1-16-3-6-18(7-4-16)32(30,31)24-15-20(28)23-14-21(29)25-17-5-8-19(22-13-17)27-11-9-26(2)10-12-27/h3-8,13,24H,9-12,14-15H2,1-2H3,(H,23,28)(H,25,29). The Morgan fingerprint density at radius 2 is 1.66 bits per heavy atom. The molecule has 1 aromatic heterocycles. The first-order chi connectivity index (χ1) is 15.2. The van der Waals surface area contributed by atoms with Crippen LogP contribution in [0.25, 0.3) is 0 Å². The Balaban J connectivity index is 1.41. The third kappa shape index (κ3) is 6.74. The second-order valence-electron chi connectivity index (χ2n) is 7.66. The molecule has 0 atom stereocenters. The number of carbonyl (C=O) groups excluding carboxylic acids is 2. The molecule has 32 heavy (non-hydrogen) atoms. The van der Waals surface area contributed by atoms with Crippen LogP contribution in [-0.4, -0.2) is 76.4 Å². The average molecular weight is 461 g/mol. The summed E-state index contributed by atoms with van der Waals surface area (Å²) in [4.78, 5) is 32.9. The number of hydrogen-bond donors (Lipinski definition) is 3. The first-order valence-corrected chi connectivity index (χ1v) is 11.7. The quantitative estimate of drug-likeness (QED) is 0.513. The minimum Gasteiger partial charge on any atom is -0.354 e. The highest BCUT2D eigenvalue weighted by Gasteiger charge is 2.17. The summed E-state index contributed by atoms with van der Waals surface area (Å²) in [5.41, 5.74) is 1.44. The van der Waals surface area contributed by atoms with Gasteiger partial charge >= 0.3 is 0 Å². The Morgan fingerprint density at radius 3 is 2.28 bits per heavy atom. The van der Waals surface area contributed by atoms with Gasteiger partial charge in [0.1, 0.15) is 5.82 Å². The van der Waals surface area contributed by atoms with Gasteiger partial charge in [-0.25, -0.2) is 18.1 Å². The topological polar surface area (TPSA) is 124 Å². The molecule has 1 saturated heterocycles. The molecule has 1 aromatic carbocycles. The Labute approximate surface area is 188 Å². The van der Waals surface area contributed by atoms with E-state index in [-0.39, 0.29) is 11.4 Å². The number of aryl methyl sites for hydroxylation is 1. The molecule has 3 rings (SSSR count). The van der Waals surface area contributed by atoms with E-state index in [1.807, 2.05) is 13.0 Å². The number of piperazine rings is 1. The maximum atomic E-state index is 12.2. The van der Waals surface area contributed by atoms with Crippen molar-refractivity contribution in [3.05, 3.63) is 48.2 Å². The van der Waals surface area contributed by atoms with E-state index in [2.05, 4.69) is 37.2 Å². The molecular formula is C21H28N6O4S. The van der Waals surface area contributed by atoms with Crippen LogP contribution in [-0.2, 0) is 19.6 Å². The number of carbonyl (C=O) groups is 2. The van der Waals surface area contributed by atoms with E-state index in [0.717, 1.165) is 37.6 Å². The monoisotopic (exact) mass is 460 g/mol. The number of benzene rings is 1. The number of nitrogens with one attached hydrogen (secondary N) is 3. The smallest absolute Gasteiger partial charge is 0.243 e. The number of aromatic nitrogens is 1. The molecular weight excluding hydrogens is 432 g/mol. The molecule has 3 N–H and O–H groups in total. The summed E-state index contributed by atoms with van der Waals surface area (Å²) in [6.45, 7) is 4.84. The molecule has 1 aliphatic rings. The van der Waals surface area contributed by atoms with Crippen molar-refractivity contribution in [2.24, 2.45) is 0 Å². The fraction of sp³-hybridized carbons (Fsp3) is 0.381. The van der Waals surface area contributed by atoms with Gasteiger partial charge in [0.2, 0.25) is 21.8 Å². The van der Waals surface area contributed by atoms with Crippen LogP contribution in [0.3, 0.4) is 0 Å². The molecule has 2 heterocycles. The highest BCUT2D eigenvalue weighted by molar-refractivity contribution is 7.89. The van der Waals surface area contributed by atoms with Crippen molar-refractivity contribution in [3.8, 4) is 0 Å². The van der Waals surface area contributed by atoms with E-state index in [1.54, 1.807) is 24.4 Å². The zero-order valence-electron chi connectivity index (χ0n) is 18.2. The minimum atomic E-state index is -3.80. The summed E-state index contributed by atoms with van der Waals surface area (Å²) in [5.74, 6) is -0.196. The molecule has 0 bridgehead atoms. The van der Waals surface area contributed by atoms with Crippen LogP contribution in [0.5, 0.6) is 0 Å². The predicted molar refractivity (Wildman–Crippen MR) is 122 cm³/mol. The molecule has 11 heteroatoms. The van der Waals surface area contributed by atoms with Gasteiger partial charge in [-0.3, -0.25) is 9.59 Å². The number of sulfonamides is 1. The van der Waals surface area contributed by atoms with Crippen molar-refractivity contribution in [1.29, 1.82) is 0 Å². The first-order valence-electron chi connectivity index (χ1n) is 10.3. The normalized spacial score (nSPS) is 14.8. The summed E-state index contributed by atoms with van der Waals surface area (Å²) in [6.07, 6.45) is 1.57. The maximum absolute atomic E-state index is 12.2. The number of amides is 2. The van der Waals surface area contributed by atoms with Crippen LogP contribution in [0.1, 0.15) is 5.56 Å². The number of likely N-dealkylation sites (N-methyl/N-ethyl adjacent to an activating group) is 1. The van der Waals surface area contributed by atoms with Gasteiger partial charge in [0.25, 0.3) is 0 Å². The second-order valence-corrected chi connectivity index (χ2v) is 9.42. The van der Waals surface area contributed by atoms with Crippen molar-refractivity contribution in [2.45, 2.75) is 11.8 Å². The molecule has 0 aliphatic carbocycles. The minimum absolute atomic E-state index is 0.0705. The second kappa shape index (κ2) is 10.5. The molecule has 10 nitrogen and oxygen atoms in total. The Bertz CT molecular complexity index is 1030. The van der Waals surface area contributed by atoms with Gasteiger partial charge in [-0.2, -0.15) is 0 Å². The van der Waals surface area contributed by atoms with Crippen molar-refractivity contribution < 1.29 is 18.0 Å². The summed E-state index contributed by atoms with van der Waals surface area (Å²) in [5, 5.41) is 5.05. The lowest BCUT2D eigenvalue weighted by atomic mass is 10.2. The fourth-order valence-electron chi connectivity index (χ4n) is 3.09. The lowest BCUT2D eigenvalue weighted by Crippen LogP contribution is -2.44. The highest BCUT2D eigenvalue weighted by Crippen LogP contribution is 2.15. The number of pyridine rings is 1. The van der Waals surface area contributed by atoms with Gasteiger partial charge in [-0.15, -0.1) is 0 Å². The molecule has 2 aromatic rings. The molecule has 0 saturated carbocycles. The fourth-order valence-corrected chi connectivity index (χ4v) is 4.07. The number of anilines is 2. The SMILES string of the molecule is Cc1ccc(S(=O)(=O)NCC(=O)NCC(=O)Nc2ccc(N3CCN(C)CC3)nc2)cc1. The molecule has 2 amide bonds. The third-order valence-electron chi connectivity index (χ3n) is 5.06. The van der Waals surface area contributed by atoms with E-state index in [1.165, 1.54) is 12.1 Å². The summed E-state index contributed by atoms with van der Waals surface area (Å²) < 4.78 is 26.6. The summed E-state index contributed by atoms with van der Waals surface area (Å²) >= 11 is 0. The Kier molecular flexibility index (Phi) is 7.78. The Morgan fingerprint density at radius 1 is 0.969 bits per heavy atom. The van der Waals surface area contributed by atoms with E-state index in [4.69, 9.17) is 0 Å². The summed E-state index contributed by atoms with van der Waals surface area (Å²) in [7, 11) is -1.72. The van der Waals surface area contributed by atoms with Crippen LogP contribution < -0.4 is 20.3 Å². The van der Waals surface area contributed by atoms with E-state index < -0.39 is 28.4 Å². The van der Waals surface area contributed by atoms with Crippen molar-refractivity contribution in [1.82, 2.24) is 19.9 Å². The van der Waals surface area contributed by atoms with Crippen LogP contribution in [0.2, 0.25) is 0 Å². The predicted octanol–water partition coefficient (Wildman–Crippen LogP) is 0.175. The molecule has 0 spiro atoms. The third-order valence-corrected chi connectivity index (χ3v) is 6.48. The van der Waals surface area contributed by atoms with Crippen LogP contribution in [0.4, 0.5) is 11.5 Å².